The summed E-state index contributed by atoms with van der Waals surface area (Å²) in [4.78, 5) is 8.39. The molecule has 36 heavy (non-hydrogen) atoms. The average molecular weight is 552 g/mol. The van der Waals surface area contributed by atoms with Crippen LogP contribution < -0.4 is 14.2 Å². The standard InChI is InChI=1S/C22H22ClN5O6S2/c1-32-15-7-5-8-16(33-2)20(15)28-18(26-27-21(28)13-6-4-9-19(25-13)34-3)12-36(30,31)11-14(29)22-24-10-17(23)35-22/h4-10,14,29H,11-12H2,1-3H3/t14-/m0/s1. The fraction of sp³-hybridized carbons (Fsp3) is 0.273. The van der Waals surface area contributed by atoms with E-state index in [2.05, 4.69) is 20.2 Å². The molecule has 1 atom stereocenters. The van der Waals surface area contributed by atoms with Crippen LogP contribution in [0.25, 0.3) is 17.2 Å². The summed E-state index contributed by atoms with van der Waals surface area (Å²) in [5.41, 5.74) is 0.778. The third-order valence-corrected chi connectivity index (χ3v) is 7.80. The molecule has 0 saturated carbocycles. The molecule has 11 nitrogen and oxygen atoms in total. The van der Waals surface area contributed by atoms with E-state index in [0.717, 1.165) is 11.3 Å². The summed E-state index contributed by atoms with van der Waals surface area (Å²) in [5.74, 6) is 0.328. The van der Waals surface area contributed by atoms with Gasteiger partial charge in [-0.25, -0.2) is 18.4 Å². The van der Waals surface area contributed by atoms with E-state index in [1.165, 1.54) is 32.1 Å². The van der Waals surface area contributed by atoms with Crippen LogP contribution in [-0.4, -0.2) is 65.3 Å². The first-order chi connectivity index (χ1) is 17.3. The fourth-order valence-corrected chi connectivity index (χ4v) is 5.86. The Bertz CT molecular complexity index is 1450. The van der Waals surface area contributed by atoms with Crippen molar-refractivity contribution < 1.29 is 27.7 Å². The van der Waals surface area contributed by atoms with E-state index in [9.17, 15) is 13.5 Å². The Kier molecular flexibility index (Phi) is 7.73. The molecule has 0 aliphatic rings. The first-order valence-electron chi connectivity index (χ1n) is 10.4. The number of pyridine rings is 1. The number of benzene rings is 1. The Labute approximate surface area is 216 Å². The van der Waals surface area contributed by atoms with Crippen LogP contribution in [-0.2, 0) is 15.6 Å². The van der Waals surface area contributed by atoms with Gasteiger partial charge < -0.3 is 19.3 Å². The van der Waals surface area contributed by atoms with Gasteiger partial charge in [-0.1, -0.05) is 23.7 Å². The molecule has 1 aromatic carbocycles. The lowest BCUT2D eigenvalue weighted by molar-refractivity contribution is 0.201. The van der Waals surface area contributed by atoms with E-state index < -0.39 is 27.4 Å². The number of thiazole rings is 1. The third-order valence-electron chi connectivity index (χ3n) is 5.06. The van der Waals surface area contributed by atoms with Crippen LogP contribution in [0.4, 0.5) is 0 Å². The van der Waals surface area contributed by atoms with E-state index in [1.807, 2.05) is 0 Å². The SMILES string of the molecule is COc1cccc(-c2nnc(CS(=O)(=O)C[C@H](O)c3ncc(Cl)s3)n2-c2c(OC)cccc2OC)n1. The molecule has 0 amide bonds. The van der Waals surface area contributed by atoms with Crippen LogP contribution in [0.5, 0.6) is 17.4 Å². The quantitative estimate of drug-likeness (QED) is 0.313. The molecule has 3 heterocycles. The molecule has 0 aliphatic heterocycles. The van der Waals surface area contributed by atoms with Crippen molar-refractivity contribution >= 4 is 32.8 Å². The molecule has 14 heteroatoms. The number of aromatic nitrogens is 5. The van der Waals surface area contributed by atoms with Gasteiger partial charge in [0.1, 0.15) is 44.1 Å². The maximum Gasteiger partial charge on any atom is 0.213 e. The van der Waals surface area contributed by atoms with Crippen LogP contribution in [0.15, 0.2) is 42.6 Å². The number of aliphatic hydroxyl groups excluding tert-OH is 1. The highest BCUT2D eigenvalue weighted by atomic mass is 35.5. The van der Waals surface area contributed by atoms with Crippen molar-refractivity contribution in [3.05, 3.63) is 57.8 Å². The third kappa shape index (κ3) is 5.43. The van der Waals surface area contributed by atoms with Crippen LogP contribution in [0.1, 0.15) is 16.9 Å². The molecule has 190 valence electrons. The number of rotatable bonds is 10. The van der Waals surface area contributed by atoms with E-state index in [4.69, 9.17) is 25.8 Å². The molecular weight excluding hydrogens is 530 g/mol. The predicted molar refractivity (Wildman–Crippen MR) is 134 cm³/mol. The largest absolute Gasteiger partial charge is 0.494 e. The zero-order valence-corrected chi connectivity index (χ0v) is 21.8. The van der Waals surface area contributed by atoms with Gasteiger partial charge in [-0.05, 0) is 18.2 Å². The van der Waals surface area contributed by atoms with Gasteiger partial charge in [0.15, 0.2) is 21.5 Å². The molecule has 0 bridgehead atoms. The molecule has 0 fully saturated rings. The molecule has 0 spiro atoms. The number of ether oxygens (including phenoxy) is 3. The normalized spacial score (nSPS) is 12.4. The lowest BCUT2D eigenvalue weighted by Crippen LogP contribution is -2.19. The lowest BCUT2D eigenvalue weighted by Gasteiger charge is -2.17. The van der Waals surface area contributed by atoms with Gasteiger partial charge in [0.05, 0.1) is 33.3 Å². The highest BCUT2D eigenvalue weighted by Gasteiger charge is 2.28. The molecule has 0 radical (unpaired) electrons. The number of halogens is 1. The van der Waals surface area contributed by atoms with Crippen molar-refractivity contribution in [2.24, 2.45) is 0 Å². The smallest absolute Gasteiger partial charge is 0.213 e. The van der Waals surface area contributed by atoms with Crippen molar-refractivity contribution in [1.29, 1.82) is 0 Å². The molecule has 3 aromatic heterocycles. The minimum atomic E-state index is -3.90. The van der Waals surface area contributed by atoms with Gasteiger partial charge >= 0.3 is 0 Å². The van der Waals surface area contributed by atoms with E-state index >= 15 is 0 Å². The Morgan fingerprint density at radius 1 is 1.06 bits per heavy atom. The molecule has 4 aromatic rings. The van der Waals surface area contributed by atoms with Gasteiger partial charge in [0, 0.05) is 6.07 Å². The van der Waals surface area contributed by atoms with Crippen LogP contribution >= 0.6 is 22.9 Å². The fourth-order valence-electron chi connectivity index (χ4n) is 3.50. The van der Waals surface area contributed by atoms with Gasteiger partial charge in [0.2, 0.25) is 5.88 Å². The summed E-state index contributed by atoms with van der Waals surface area (Å²) in [6, 6.07) is 10.2. The second-order valence-electron chi connectivity index (χ2n) is 7.42. The molecule has 0 saturated heterocycles. The van der Waals surface area contributed by atoms with Crippen molar-refractivity contribution in [3.8, 4) is 34.6 Å². The number of hydrogen-bond acceptors (Lipinski definition) is 11. The topological polar surface area (TPSA) is 139 Å². The van der Waals surface area contributed by atoms with E-state index in [0.29, 0.717) is 33.1 Å². The number of para-hydroxylation sites is 1. The van der Waals surface area contributed by atoms with Crippen LogP contribution in [0, 0.1) is 0 Å². The van der Waals surface area contributed by atoms with Crippen molar-refractivity contribution in [2.75, 3.05) is 27.1 Å². The molecule has 1 N–H and O–H groups in total. The highest BCUT2D eigenvalue weighted by Crippen LogP contribution is 2.36. The first kappa shape index (κ1) is 25.8. The Morgan fingerprint density at radius 2 is 1.75 bits per heavy atom. The van der Waals surface area contributed by atoms with Crippen molar-refractivity contribution in [2.45, 2.75) is 11.9 Å². The minimum Gasteiger partial charge on any atom is -0.494 e. The van der Waals surface area contributed by atoms with Gasteiger partial charge in [-0.15, -0.1) is 21.5 Å². The maximum atomic E-state index is 13.1. The van der Waals surface area contributed by atoms with Gasteiger partial charge in [-0.2, -0.15) is 0 Å². The Morgan fingerprint density at radius 3 is 2.36 bits per heavy atom. The predicted octanol–water partition coefficient (Wildman–Crippen LogP) is 3.11. The summed E-state index contributed by atoms with van der Waals surface area (Å²) in [6.45, 7) is 0. The summed E-state index contributed by atoms with van der Waals surface area (Å²) in [5, 5.41) is 19.1. The zero-order valence-electron chi connectivity index (χ0n) is 19.5. The van der Waals surface area contributed by atoms with E-state index in [-0.39, 0.29) is 16.7 Å². The Balaban J connectivity index is 1.82. The van der Waals surface area contributed by atoms with Gasteiger partial charge in [-0.3, -0.25) is 4.57 Å². The van der Waals surface area contributed by atoms with Crippen LogP contribution in [0.2, 0.25) is 4.34 Å². The summed E-state index contributed by atoms with van der Waals surface area (Å²) < 4.78 is 44.5. The van der Waals surface area contributed by atoms with Crippen molar-refractivity contribution in [3.63, 3.8) is 0 Å². The van der Waals surface area contributed by atoms with Gasteiger partial charge in [0.25, 0.3) is 0 Å². The number of hydrogen-bond donors (Lipinski definition) is 1. The number of methoxy groups -OCH3 is 3. The number of aliphatic hydroxyl groups is 1. The van der Waals surface area contributed by atoms with Crippen LogP contribution in [0.3, 0.4) is 0 Å². The first-order valence-corrected chi connectivity index (χ1v) is 13.4. The Hall–Kier alpha value is -3.26. The second-order valence-corrected chi connectivity index (χ2v) is 11.2. The van der Waals surface area contributed by atoms with E-state index in [1.54, 1.807) is 36.4 Å². The second kappa shape index (κ2) is 10.8. The van der Waals surface area contributed by atoms with Crippen molar-refractivity contribution in [1.82, 2.24) is 24.7 Å². The number of nitrogens with zero attached hydrogens (tertiary/aromatic N) is 5. The summed E-state index contributed by atoms with van der Waals surface area (Å²) >= 11 is 6.88. The molecule has 0 unspecified atom stereocenters. The minimum absolute atomic E-state index is 0.0711. The highest BCUT2D eigenvalue weighted by molar-refractivity contribution is 7.90. The summed E-state index contributed by atoms with van der Waals surface area (Å²) in [6.07, 6.45) is 0.0132. The maximum absolute atomic E-state index is 13.1. The molecule has 0 aliphatic carbocycles. The number of sulfone groups is 1. The lowest BCUT2D eigenvalue weighted by atomic mass is 10.2. The summed E-state index contributed by atoms with van der Waals surface area (Å²) in [7, 11) is 0.553. The molecule has 4 rings (SSSR count). The average Bonchev–Trinajstić information content (AvgIpc) is 3.49. The zero-order chi connectivity index (χ0) is 25.9. The monoisotopic (exact) mass is 551 g/mol. The molecular formula is C22H22ClN5O6S2.